The van der Waals surface area contributed by atoms with Gasteiger partial charge in [0.15, 0.2) is 0 Å². The molecule has 1 aromatic carbocycles. The van der Waals surface area contributed by atoms with Gasteiger partial charge in [-0.2, -0.15) is 13.2 Å². The largest absolute Gasteiger partial charge is 0.471 e. The highest BCUT2D eigenvalue weighted by Gasteiger charge is 2.38. The van der Waals surface area contributed by atoms with Gasteiger partial charge < -0.3 is 15.5 Å². The fourth-order valence-corrected chi connectivity index (χ4v) is 3.04. The first kappa shape index (κ1) is 20.5. The third-order valence-electron chi connectivity index (χ3n) is 4.56. The number of halogens is 3. The second-order valence-electron chi connectivity index (χ2n) is 6.73. The molecule has 1 aromatic rings. The Morgan fingerprint density at radius 1 is 1.27 bits per heavy atom. The van der Waals surface area contributed by atoms with Gasteiger partial charge in [0.25, 0.3) is 0 Å². The van der Waals surface area contributed by atoms with Gasteiger partial charge in [-0.1, -0.05) is 49.6 Å². The maximum Gasteiger partial charge on any atom is 0.471 e. The van der Waals surface area contributed by atoms with Gasteiger partial charge in [-0.25, -0.2) is 0 Å². The molecule has 0 aromatic heterocycles. The van der Waals surface area contributed by atoms with E-state index in [9.17, 15) is 28.2 Å². The minimum Gasteiger partial charge on any atom is -0.388 e. The molecule has 1 atom stereocenters. The standard InChI is InChI=1S/C19H24F3NO3/c20-19(21,22)17(25)23-12-8-16(24)15-6-4-5-14(13-15)7-11-18(26)9-2-1-3-10-18/h4-7,11,13,16,24,26H,1-3,8-10,12H2,(H,23,25)/b11-7+/t16-/m1/s1. The summed E-state index contributed by atoms with van der Waals surface area (Å²) in [7, 11) is 0. The summed E-state index contributed by atoms with van der Waals surface area (Å²) in [5.41, 5.74) is 0.540. The number of amides is 1. The van der Waals surface area contributed by atoms with Crippen molar-refractivity contribution in [3.05, 3.63) is 41.5 Å². The Kier molecular flexibility index (Phi) is 6.83. The first-order valence-electron chi connectivity index (χ1n) is 8.74. The molecule has 3 N–H and O–H groups in total. The van der Waals surface area contributed by atoms with Crippen molar-refractivity contribution in [2.24, 2.45) is 0 Å². The van der Waals surface area contributed by atoms with Crippen LogP contribution in [0.15, 0.2) is 30.3 Å². The Hall–Kier alpha value is -1.86. The molecule has 0 aliphatic heterocycles. The molecule has 1 fully saturated rings. The van der Waals surface area contributed by atoms with Crippen LogP contribution in [0, 0.1) is 0 Å². The number of rotatable bonds is 6. The van der Waals surface area contributed by atoms with Crippen LogP contribution in [0.25, 0.3) is 6.08 Å². The maximum atomic E-state index is 12.1. The number of alkyl halides is 3. The van der Waals surface area contributed by atoms with Crippen LogP contribution in [0.2, 0.25) is 0 Å². The van der Waals surface area contributed by atoms with E-state index < -0.39 is 23.8 Å². The van der Waals surface area contributed by atoms with E-state index in [1.54, 1.807) is 35.7 Å². The van der Waals surface area contributed by atoms with Crippen molar-refractivity contribution in [3.8, 4) is 0 Å². The van der Waals surface area contributed by atoms with E-state index in [-0.39, 0.29) is 13.0 Å². The number of carbonyl (C=O) groups is 1. The molecule has 1 aliphatic carbocycles. The van der Waals surface area contributed by atoms with Crippen molar-refractivity contribution in [1.82, 2.24) is 5.32 Å². The summed E-state index contributed by atoms with van der Waals surface area (Å²) in [4.78, 5) is 10.8. The summed E-state index contributed by atoms with van der Waals surface area (Å²) in [5.74, 6) is -2.01. The van der Waals surface area contributed by atoms with E-state index in [1.807, 2.05) is 6.07 Å². The van der Waals surface area contributed by atoms with Crippen LogP contribution in [0.1, 0.15) is 55.8 Å². The molecule has 0 bridgehead atoms. The third kappa shape index (κ3) is 6.14. The van der Waals surface area contributed by atoms with Gasteiger partial charge in [-0.05, 0) is 36.5 Å². The Morgan fingerprint density at radius 3 is 2.62 bits per heavy atom. The van der Waals surface area contributed by atoms with Gasteiger partial charge in [0, 0.05) is 6.54 Å². The first-order valence-corrected chi connectivity index (χ1v) is 8.74. The summed E-state index contributed by atoms with van der Waals surface area (Å²) in [6.07, 6.45) is 2.20. The number of carbonyl (C=O) groups excluding carboxylic acids is 1. The summed E-state index contributed by atoms with van der Waals surface area (Å²) in [6, 6.07) is 6.95. The molecule has 144 valence electrons. The Balaban J connectivity index is 1.92. The van der Waals surface area contributed by atoms with E-state index in [0.29, 0.717) is 5.56 Å². The predicted molar refractivity (Wildman–Crippen MR) is 92.2 cm³/mol. The number of benzene rings is 1. The smallest absolute Gasteiger partial charge is 0.388 e. The van der Waals surface area contributed by atoms with Crippen LogP contribution in [-0.2, 0) is 4.79 Å². The molecule has 0 heterocycles. The van der Waals surface area contributed by atoms with E-state index in [0.717, 1.165) is 37.7 Å². The van der Waals surface area contributed by atoms with Crippen molar-refractivity contribution < 1.29 is 28.2 Å². The molecule has 2 rings (SSSR count). The lowest BCUT2D eigenvalue weighted by atomic mass is 9.84. The van der Waals surface area contributed by atoms with Crippen LogP contribution in [0.4, 0.5) is 13.2 Å². The summed E-state index contributed by atoms with van der Waals surface area (Å²) < 4.78 is 36.3. The average Bonchev–Trinajstić information content (AvgIpc) is 2.60. The maximum absolute atomic E-state index is 12.1. The molecule has 0 spiro atoms. The second kappa shape index (κ2) is 8.68. The van der Waals surface area contributed by atoms with Crippen LogP contribution in [0.5, 0.6) is 0 Å². The van der Waals surface area contributed by atoms with Crippen molar-refractivity contribution in [2.45, 2.75) is 56.4 Å². The second-order valence-corrected chi connectivity index (χ2v) is 6.73. The van der Waals surface area contributed by atoms with Crippen LogP contribution < -0.4 is 5.32 Å². The molecular formula is C19H24F3NO3. The zero-order valence-corrected chi connectivity index (χ0v) is 14.4. The first-order chi connectivity index (χ1) is 12.2. The normalized spacial score (nSPS) is 18.7. The lowest BCUT2D eigenvalue weighted by molar-refractivity contribution is -0.173. The van der Waals surface area contributed by atoms with E-state index in [2.05, 4.69) is 0 Å². The highest BCUT2D eigenvalue weighted by atomic mass is 19.4. The monoisotopic (exact) mass is 371 g/mol. The third-order valence-corrected chi connectivity index (χ3v) is 4.56. The summed E-state index contributed by atoms with van der Waals surface area (Å²) in [5, 5.41) is 22.3. The Labute approximate surface area is 150 Å². The highest BCUT2D eigenvalue weighted by Crippen LogP contribution is 2.30. The lowest BCUT2D eigenvalue weighted by Crippen LogP contribution is -2.37. The number of aliphatic hydroxyl groups excluding tert-OH is 1. The number of hydrogen-bond acceptors (Lipinski definition) is 3. The van der Waals surface area contributed by atoms with Gasteiger partial charge in [-0.3, -0.25) is 4.79 Å². The topological polar surface area (TPSA) is 69.6 Å². The molecule has 0 saturated heterocycles. The van der Waals surface area contributed by atoms with Crippen LogP contribution in [0.3, 0.4) is 0 Å². The molecule has 1 saturated carbocycles. The van der Waals surface area contributed by atoms with Gasteiger partial charge >= 0.3 is 12.1 Å². The van der Waals surface area contributed by atoms with E-state index in [1.165, 1.54) is 0 Å². The minimum atomic E-state index is -4.92. The van der Waals surface area contributed by atoms with E-state index >= 15 is 0 Å². The number of nitrogens with one attached hydrogen (secondary N) is 1. The quantitative estimate of drug-likeness (QED) is 0.717. The van der Waals surface area contributed by atoms with Gasteiger partial charge in [0.1, 0.15) is 0 Å². The van der Waals surface area contributed by atoms with Crippen molar-refractivity contribution >= 4 is 12.0 Å². The number of aliphatic hydroxyl groups is 2. The molecule has 0 unspecified atom stereocenters. The average molecular weight is 371 g/mol. The molecule has 4 nitrogen and oxygen atoms in total. The number of hydrogen-bond donors (Lipinski definition) is 3. The zero-order valence-electron chi connectivity index (χ0n) is 14.4. The molecule has 0 radical (unpaired) electrons. The fourth-order valence-electron chi connectivity index (χ4n) is 3.04. The highest BCUT2D eigenvalue weighted by molar-refractivity contribution is 5.81. The Bertz CT molecular complexity index is 637. The summed E-state index contributed by atoms with van der Waals surface area (Å²) in [6.45, 7) is -0.278. The molecule has 7 heteroatoms. The van der Waals surface area contributed by atoms with Crippen molar-refractivity contribution in [2.75, 3.05) is 6.54 Å². The lowest BCUT2D eigenvalue weighted by Gasteiger charge is -2.28. The molecule has 1 amide bonds. The zero-order chi connectivity index (χ0) is 19.2. The predicted octanol–water partition coefficient (Wildman–Crippen LogP) is 3.50. The Morgan fingerprint density at radius 2 is 1.96 bits per heavy atom. The molecule has 26 heavy (non-hydrogen) atoms. The summed E-state index contributed by atoms with van der Waals surface area (Å²) >= 11 is 0. The van der Waals surface area contributed by atoms with Crippen LogP contribution in [-0.4, -0.2) is 34.4 Å². The van der Waals surface area contributed by atoms with Crippen LogP contribution >= 0.6 is 0 Å². The van der Waals surface area contributed by atoms with Gasteiger partial charge in [-0.15, -0.1) is 0 Å². The van der Waals surface area contributed by atoms with Crippen molar-refractivity contribution in [3.63, 3.8) is 0 Å². The van der Waals surface area contributed by atoms with E-state index in [4.69, 9.17) is 0 Å². The molecule has 1 aliphatic rings. The SMILES string of the molecule is O=C(NCC[C@@H](O)c1cccc(/C=C/C2(O)CCCCC2)c1)C(F)(F)F. The van der Waals surface area contributed by atoms with Gasteiger partial charge in [0.2, 0.25) is 0 Å². The minimum absolute atomic E-state index is 0.0288. The van der Waals surface area contributed by atoms with Gasteiger partial charge in [0.05, 0.1) is 11.7 Å². The van der Waals surface area contributed by atoms with Crippen molar-refractivity contribution in [1.29, 1.82) is 0 Å². The fraction of sp³-hybridized carbons (Fsp3) is 0.526. The molecular weight excluding hydrogens is 347 g/mol.